The zero-order valence-electron chi connectivity index (χ0n) is 16.4. The second kappa shape index (κ2) is 8.36. The minimum absolute atomic E-state index is 0.710. The van der Waals surface area contributed by atoms with Gasteiger partial charge in [-0.05, 0) is 51.2 Å². The van der Waals surface area contributed by atoms with Crippen molar-refractivity contribution >= 4 is 17.5 Å². The molecule has 2 heterocycles. The van der Waals surface area contributed by atoms with E-state index in [1.54, 1.807) is 0 Å². The number of nitrogens with zero attached hydrogens (tertiary/aromatic N) is 5. The molecule has 6 nitrogen and oxygen atoms in total. The van der Waals surface area contributed by atoms with E-state index in [4.69, 9.17) is 0 Å². The number of anilines is 3. The zero-order chi connectivity index (χ0) is 18.5. The normalized spacial score (nSPS) is 14.8. The molecule has 1 N–H and O–H groups in total. The molecule has 0 atom stereocenters. The van der Waals surface area contributed by atoms with E-state index >= 15 is 0 Å². The molecule has 0 spiro atoms. The molecule has 0 bridgehead atoms. The van der Waals surface area contributed by atoms with Gasteiger partial charge in [-0.3, -0.25) is 0 Å². The fraction of sp³-hybridized carbons (Fsp3) is 0.500. The lowest BCUT2D eigenvalue weighted by atomic mass is 10.1. The van der Waals surface area contributed by atoms with Crippen LogP contribution in [0.2, 0.25) is 0 Å². The van der Waals surface area contributed by atoms with Crippen LogP contribution in [0.5, 0.6) is 0 Å². The minimum Gasteiger partial charge on any atom is -0.368 e. The van der Waals surface area contributed by atoms with Crippen LogP contribution in [0.15, 0.2) is 30.5 Å². The Bertz CT molecular complexity index is 722. The Labute approximate surface area is 156 Å². The number of rotatable bonds is 6. The summed E-state index contributed by atoms with van der Waals surface area (Å²) in [7, 11) is 4.13. The first-order chi connectivity index (χ1) is 12.5. The van der Waals surface area contributed by atoms with Crippen molar-refractivity contribution in [2.45, 2.75) is 13.8 Å². The summed E-state index contributed by atoms with van der Waals surface area (Å²) in [4.78, 5) is 16.0. The lowest BCUT2D eigenvalue weighted by Crippen LogP contribution is -2.47. The number of aryl methyl sites for hydroxylation is 1. The number of hydrogen-bond acceptors (Lipinski definition) is 6. The molecule has 0 amide bonds. The molecule has 140 valence electrons. The maximum Gasteiger partial charge on any atom is 0.224 e. The second-order valence-corrected chi connectivity index (χ2v) is 7.16. The number of nitrogens with one attached hydrogen (secondary N) is 1. The van der Waals surface area contributed by atoms with Crippen molar-refractivity contribution in [2.24, 2.45) is 0 Å². The predicted octanol–water partition coefficient (Wildman–Crippen LogP) is 2.39. The van der Waals surface area contributed by atoms with Crippen LogP contribution in [0.25, 0.3) is 0 Å². The summed E-state index contributed by atoms with van der Waals surface area (Å²) in [5.74, 6) is 1.72. The molecule has 0 saturated carbocycles. The quantitative estimate of drug-likeness (QED) is 0.860. The monoisotopic (exact) mass is 354 g/mol. The van der Waals surface area contributed by atoms with Gasteiger partial charge >= 0.3 is 0 Å². The molecule has 1 aromatic heterocycles. The van der Waals surface area contributed by atoms with Gasteiger partial charge < -0.3 is 20.0 Å². The van der Waals surface area contributed by atoms with Crippen LogP contribution in [-0.2, 0) is 0 Å². The number of piperazine rings is 1. The zero-order valence-corrected chi connectivity index (χ0v) is 16.4. The van der Waals surface area contributed by atoms with Gasteiger partial charge in [-0.1, -0.05) is 12.1 Å². The summed E-state index contributed by atoms with van der Waals surface area (Å²) in [6, 6.07) is 8.57. The van der Waals surface area contributed by atoms with E-state index in [9.17, 15) is 0 Å². The van der Waals surface area contributed by atoms with Crippen LogP contribution in [0.4, 0.5) is 17.5 Å². The lowest BCUT2D eigenvalue weighted by molar-refractivity contribution is 0.425. The Morgan fingerprint density at radius 3 is 2.50 bits per heavy atom. The van der Waals surface area contributed by atoms with Gasteiger partial charge in [0.05, 0.1) is 0 Å². The van der Waals surface area contributed by atoms with Crippen LogP contribution >= 0.6 is 0 Å². The molecular weight excluding hydrogens is 324 g/mol. The maximum atomic E-state index is 4.69. The first-order valence-corrected chi connectivity index (χ1v) is 9.32. The van der Waals surface area contributed by atoms with Gasteiger partial charge in [-0.25, -0.2) is 4.98 Å². The number of likely N-dealkylation sites (N-methyl/N-ethyl adjacent to an activating group) is 1. The third-order valence-electron chi connectivity index (χ3n) is 5.00. The fourth-order valence-corrected chi connectivity index (χ4v) is 3.26. The average Bonchev–Trinajstić information content (AvgIpc) is 2.64. The predicted molar refractivity (Wildman–Crippen MR) is 109 cm³/mol. The van der Waals surface area contributed by atoms with Gasteiger partial charge in [0.15, 0.2) is 0 Å². The molecule has 1 aliphatic heterocycles. The highest BCUT2D eigenvalue weighted by Gasteiger charge is 2.20. The van der Waals surface area contributed by atoms with Crippen LogP contribution in [0, 0.1) is 13.8 Å². The molecule has 1 aromatic carbocycles. The molecule has 3 rings (SSSR count). The van der Waals surface area contributed by atoms with Crippen molar-refractivity contribution in [3.05, 3.63) is 41.6 Å². The molecule has 1 saturated heterocycles. The third kappa shape index (κ3) is 4.43. The van der Waals surface area contributed by atoms with E-state index < -0.39 is 0 Å². The summed E-state index contributed by atoms with van der Waals surface area (Å²) < 4.78 is 0. The Morgan fingerprint density at radius 1 is 1.04 bits per heavy atom. The van der Waals surface area contributed by atoms with E-state index in [1.807, 2.05) is 12.3 Å². The molecule has 2 aromatic rings. The minimum atomic E-state index is 0.710. The number of benzene rings is 1. The van der Waals surface area contributed by atoms with Crippen LogP contribution < -0.4 is 15.1 Å². The lowest BCUT2D eigenvalue weighted by Gasteiger charge is -2.37. The smallest absolute Gasteiger partial charge is 0.224 e. The molecule has 6 heteroatoms. The first kappa shape index (κ1) is 18.5. The highest BCUT2D eigenvalue weighted by molar-refractivity contribution is 5.57. The number of hydrogen-bond donors (Lipinski definition) is 1. The maximum absolute atomic E-state index is 4.69. The van der Waals surface area contributed by atoms with Gasteiger partial charge in [0.25, 0.3) is 0 Å². The molecule has 0 radical (unpaired) electrons. The Balaban J connectivity index is 1.60. The third-order valence-corrected chi connectivity index (χ3v) is 5.00. The van der Waals surface area contributed by atoms with Crippen LogP contribution in [-0.4, -0.2) is 68.2 Å². The van der Waals surface area contributed by atoms with E-state index in [0.29, 0.717) is 5.95 Å². The van der Waals surface area contributed by atoms with Crippen LogP contribution in [0.1, 0.15) is 11.1 Å². The SMILES string of the molecule is Cc1cccc(N2CCN(c3ccnc(NCCN(C)C)n3)CC2)c1C. The van der Waals surface area contributed by atoms with E-state index in [0.717, 1.165) is 45.1 Å². The van der Waals surface area contributed by atoms with E-state index in [1.165, 1.54) is 16.8 Å². The largest absolute Gasteiger partial charge is 0.368 e. The molecule has 1 aliphatic rings. The van der Waals surface area contributed by atoms with Crippen molar-refractivity contribution in [2.75, 3.05) is 68.5 Å². The Kier molecular flexibility index (Phi) is 5.93. The van der Waals surface area contributed by atoms with Gasteiger partial charge in [0.2, 0.25) is 5.95 Å². The topological polar surface area (TPSA) is 47.5 Å². The highest BCUT2D eigenvalue weighted by Crippen LogP contribution is 2.25. The Hall–Kier alpha value is -2.34. The van der Waals surface area contributed by atoms with Crippen LogP contribution in [0.3, 0.4) is 0 Å². The molecule has 0 unspecified atom stereocenters. The Morgan fingerprint density at radius 2 is 1.77 bits per heavy atom. The highest BCUT2D eigenvalue weighted by atomic mass is 15.3. The molecule has 0 aliphatic carbocycles. The first-order valence-electron chi connectivity index (χ1n) is 9.32. The summed E-state index contributed by atoms with van der Waals surface area (Å²) >= 11 is 0. The molecule has 1 fully saturated rings. The van der Waals surface area contributed by atoms with Crippen molar-refractivity contribution in [1.82, 2.24) is 14.9 Å². The van der Waals surface area contributed by atoms with Gasteiger partial charge in [0.1, 0.15) is 5.82 Å². The average molecular weight is 355 g/mol. The van der Waals surface area contributed by atoms with Crippen molar-refractivity contribution in [3.8, 4) is 0 Å². The second-order valence-electron chi connectivity index (χ2n) is 7.16. The van der Waals surface area contributed by atoms with Gasteiger partial charge in [-0.15, -0.1) is 0 Å². The van der Waals surface area contributed by atoms with Crippen molar-refractivity contribution in [3.63, 3.8) is 0 Å². The summed E-state index contributed by atoms with van der Waals surface area (Å²) in [5.41, 5.74) is 4.10. The standard InChI is InChI=1S/C20H30N6/c1-16-6-5-7-18(17(16)2)25-12-14-26(15-13-25)19-8-9-21-20(23-19)22-10-11-24(3)4/h5-9H,10-15H2,1-4H3,(H,21,22,23). The molecular formula is C20H30N6. The van der Waals surface area contributed by atoms with E-state index in [2.05, 4.69) is 76.1 Å². The van der Waals surface area contributed by atoms with Crippen molar-refractivity contribution in [1.29, 1.82) is 0 Å². The fourth-order valence-electron chi connectivity index (χ4n) is 3.26. The van der Waals surface area contributed by atoms with Crippen molar-refractivity contribution < 1.29 is 0 Å². The molecule has 26 heavy (non-hydrogen) atoms. The summed E-state index contributed by atoms with van der Waals surface area (Å²) in [5, 5.41) is 3.30. The summed E-state index contributed by atoms with van der Waals surface area (Å²) in [6.45, 7) is 10.2. The number of aromatic nitrogens is 2. The van der Waals surface area contributed by atoms with E-state index in [-0.39, 0.29) is 0 Å². The summed E-state index contributed by atoms with van der Waals surface area (Å²) in [6.07, 6.45) is 1.84. The van der Waals surface area contributed by atoms with Gasteiger partial charge in [0, 0.05) is 51.2 Å². The van der Waals surface area contributed by atoms with Gasteiger partial charge in [-0.2, -0.15) is 4.98 Å².